The Kier molecular flexibility index (Phi) is 5.83. The molecule has 2 atom stereocenters. The molecule has 0 saturated carbocycles. The summed E-state index contributed by atoms with van der Waals surface area (Å²) < 4.78 is 5.81. The van der Waals surface area contributed by atoms with Gasteiger partial charge in [-0.05, 0) is 49.8 Å². The number of hydrogen-bond donors (Lipinski definition) is 1. The van der Waals surface area contributed by atoms with Gasteiger partial charge in [0, 0.05) is 0 Å². The number of rotatable bonds is 6. The first-order valence-corrected chi connectivity index (χ1v) is 6.84. The van der Waals surface area contributed by atoms with Crippen molar-refractivity contribution >= 4 is 0 Å². The van der Waals surface area contributed by atoms with Crippen LogP contribution in [0.2, 0.25) is 0 Å². The molecule has 2 nitrogen and oxygen atoms in total. The van der Waals surface area contributed by atoms with E-state index in [1.54, 1.807) is 0 Å². The second-order valence-corrected chi connectivity index (χ2v) is 5.72. The quantitative estimate of drug-likeness (QED) is 0.833. The van der Waals surface area contributed by atoms with Gasteiger partial charge in [-0.2, -0.15) is 0 Å². The van der Waals surface area contributed by atoms with E-state index in [1.165, 1.54) is 11.1 Å². The molecule has 0 aliphatic heterocycles. The van der Waals surface area contributed by atoms with Crippen LogP contribution in [0.1, 0.15) is 49.9 Å². The van der Waals surface area contributed by atoms with Gasteiger partial charge in [-0.15, -0.1) is 0 Å². The topological polar surface area (TPSA) is 35.2 Å². The molecule has 1 aromatic carbocycles. The molecule has 0 aliphatic carbocycles. The Balaban J connectivity index is 2.49. The Labute approximate surface area is 112 Å². The van der Waals surface area contributed by atoms with Crippen molar-refractivity contribution in [2.75, 3.05) is 6.61 Å². The highest BCUT2D eigenvalue weighted by Gasteiger charge is 2.11. The Morgan fingerprint density at radius 3 is 2.33 bits per heavy atom. The summed E-state index contributed by atoms with van der Waals surface area (Å²) in [7, 11) is 0. The Morgan fingerprint density at radius 2 is 1.78 bits per heavy atom. The molecule has 1 rings (SSSR count). The number of nitrogens with two attached hydrogens (primary N) is 1. The third-order valence-electron chi connectivity index (χ3n) is 3.32. The summed E-state index contributed by atoms with van der Waals surface area (Å²) in [6, 6.07) is 6.36. The zero-order chi connectivity index (χ0) is 13.7. The molecule has 0 fully saturated rings. The molecule has 2 heteroatoms. The predicted octanol–water partition coefficient (Wildman–Crippen LogP) is 3.75. The molecule has 0 amide bonds. The van der Waals surface area contributed by atoms with Crippen molar-refractivity contribution in [3.63, 3.8) is 0 Å². The van der Waals surface area contributed by atoms with Crippen LogP contribution in [0.25, 0.3) is 0 Å². The van der Waals surface area contributed by atoms with Crippen LogP contribution < -0.4 is 5.73 Å². The summed E-state index contributed by atoms with van der Waals surface area (Å²) in [5.74, 6) is 0.665. The molecule has 2 N–H and O–H groups in total. The molecule has 0 aromatic heterocycles. The van der Waals surface area contributed by atoms with Crippen molar-refractivity contribution in [3.05, 3.63) is 34.9 Å². The fraction of sp³-hybridized carbons (Fsp3) is 0.625. The SMILES string of the molecule is Cc1ccc(C(N)COC(C)CC(C)C)cc1C. The van der Waals surface area contributed by atoms with E-state index in [1.807, 2.05) is 0 Å². The lowest BCUT2D eigenvalue weighted by Gasteiger charge is -2.19. The minimum atomic E-state index is -0.0288. The van der Waals surface area contributed by atoms with Crippen LogP contribution in [0.5, 0.6) is 0 Å². The molecule has 0 bridgehead atoms. The molecular weight excluding hydrogens is 222 g/mol. The van der Waals surface area contributed by atoms with E-state index >= 15 is 0 Å². The molecule has 0 heterocycles. The van der Waals surface area contributed by atoms with Crippen molar-refractivity contribution in [1.29, 1.82) is 0 Å². The van der Waals surface area contributed by atoms with E-state index in [0.29, 0.717) is 12.5 Å². The summed E-state index contributed by atoms with van der Waals surface area (Å²) in [5.41, 5.74) is 9.93. The van der Waals surface area contributed by atoms with Gasteiger partial charge in [-0.3, -0.25) is 0 Å². The van der Waals surface area contributed by atoms with Crippen LogP contribution in [-0.2, 0) is 4.74 Å². The minimum Gasteiger partial charge on any atom is -0.377 e. The monoisotopic (exact) mass is 249 g/mol. The summed E-state index contributed by atoms with van der Waals surface area (Å²) >= 11 is 0. The summed E-state index contributed by atoms with van der Waals surface area (Å²) in [4.78, 5) is 0. The fourth-order valence-corrected chi connectivity index (χ4v) is 2.09. The lowest BCUT2D eigenvalue weighted by atomic mass is 10.0. The van der Waals surface area contributed by atoms with Crippen LogP contribution in [0, 0.1) is 19.8 Å². The van der Waals surface area contributed by atoms with Gasteiger partial charge in [0.1, 0.15) is 0 Å². The van der Waals surface area contributed by atoms with Gasteiger partial charge in [0.25, 0.3) is 0 Å². The third kappa shape index (κ3) is 4.79. The van der Waals surface area contributed by atoms with Crippen LogP contribution >= 0.6 is 0 Å². The Morgan fingerprint density at radius 1 is 1.11 bits per heavy atom. The fourth-order valence-electron chi connectivity index (χ4n) is 2.09. The van der Waals surface area contributed by atoms with Gasteiger partial charge in [0.15, 0.2) is 0 Å². The van der Waals surface area contributed by atoms with E-state index in [2.05, 4.69) is 52.8 Å². The largest absolute Gasteiger partial charge is 0.377 e. The average Bonchev–Trinajstić information content (AvgIpc) is 2.28. The predicted molar refractivity (Wildman–Crippen MR) is 77.7 cm³/mol. The maximum Gasteiger partial charge on any atom is 0.0662 e. The molecule has 0 radical (unpaired) electrons. The van der Waals surface area contributed by atoms with Crippen molar-refractivity contribution in [2.24, 2.45) is 11.7 Å². The van der Waals surface area contributed by atoms with Gasteiger partial charge in [0.05, 0.1) is 18.8 Å². The Hall–Kier alpha value is -0.860. The number of hydrogen-bond acceptors (Lipinski definition) is 2. The van der Waals surface area contributed by atoms with Gasteiger partial charge in [0.2, 0.25) is 0 Å². The molecular formula is C16H27NO. The van der Waals surface area contributed by atoms with E-state index in [0.717, 1.165) is 12.0 Å². The summed E-state index contributed by atoms with van der Waals surface area (Å²) in [6.45, 7) is 11.4. The average molecular weight is 249 g/mol. The normalized spacial score (nSPS) is 14.8. The first-order chi connectivity index (χ1) is 8.40. The molecule has 1 aromatic rings. The number of benzene rings is 1. The first kappa shape index (κ1) is 15.2. The lowest BCUT2D eigenvalue weighted by molar-refractivity contribution is 0.0430. The molecule has 18 heavy (non-hydrogen) atoms. The zero-order valence-corrected chi connectivity index (χ0v) is 12.4. The van der Waals surface area contributed by atoms with Crippen molar-refractivity contribution < 1.29 is 4.74 Å². The number of aryl methyl sites for hydroxylation is 2. The van der Waals surface area contributed by atoms with Crippen molar-refractivity contribution in [3.8, 4) is 0 Å². The third-order valence-corrected chi connectivity index (χ3v) is 3.32. The van der Waals surface area contributed by atoms with Crippen LogP contribution in [0.3, 0.4) is 0 Å². The minimum absolute atomic E-state index is 0.0288. The molecule has 2 unspecified atom stereocenters. The molecule has 0 aliphatic rings. The van der Waals surface area contributed by atoms with E-state index in [4.69, 9.17) is 10.5 Å². The number of ether oxygens (including phenoxy) is 1. The highest BCUT2D eigenvalue weighted by Crippen LogP contribution is 2.17. The smallest absolute Gasteiger partial charge is 0.0662 e. The van der Waals surface area contributed by atoms with Gasteiger partial charge >= 0.3 is 0 Å². The van der Waals surface area contributed by atoms with Crippen LogP contribution in [-0.4, -0.2) is 12.7 Å². The van der Waals surface area contributed by atoms with E-state index in [-0.39, 0.29) is 12.1 Å². The second kappa shape index (κ2) is 6.91. The standard InChI is InChI=1S/C16H27NO/c1-11(2)8-14(5)18-10-16(17)15-7-6-12(3)13(4)9-15/h6-7,9,11,14,16H,8,10,17H2,1-5H3. The van der Waals surface area contributed by atoms with E-state index in [9.17, 15) is 0 Å². The second-order valence-electron chi connectivity index (χ2n) is 5.72. The van der Waals surface area contributed by atoms with Crippen LogP contribution in [0.4, 0.5) is 0 Å². The lowest BCUT2D eigenvalue weighted by Crippen LogP contribution is -2.21. The maximum absolute atomic E-state index is 6.17. The van der Waals surface area contributed by atoms with Gasteiger partial charge in [-0.25, -0.2) is 0 Å². The first-order valence-electron chi connectivity index (χ1n) is 6.84. The van der Waals surface area contributed by atoms with E-state index < -0.39 is 0 Å². The van der Waals surface area contributed by atoms with Gasteiger partial charge in [-0.1, -0.05) is 32.0 Å². The maximum atomic E-state index is 6.17. The summed E-state index contributed by atoms with van der Waals surface area (Å²) in [5, 5.41) is 0. The highest BCUT2D eigenvalue weighted by atomic mass is 16.5. The summed E-state index contributed by atoms with van der Waals surface area (Å²) in [6.07, 6.45) is 1.36. The van der Waals surface area contributed by atoms with Crippen molar-refractivity contribution in [1.82, 2.24) is 0 Å². The molecule has 0 saturated heterocycles. The van der Waals surface area contributed by atoms with Gasteiger partial charge < -0.3 is 10.5 Å². The molecule has 0 spiro atoms. The Bertz CT molecular complexity index is 373. The van der Waals surface area contributed by atoms with Crippen molar-refractivity contribution in [2.45, 2.75) is 53.2 Å². The highest BCUT2D eigenvalue weighted by molar-refractivity contribution is 5.31. The molecule has 102 valence electrons. The van der Waals surface area contributed by atoms with Crippen LogP contribution in [0.15, 0.2) is 18.2 Å². The zero-order valence-electron chi connectivity index (χ0n) is 12.4.